The number of sulfonamides is 1. The molecule has 6 heteroatoms. The maximum Gasteiger partial charge on any atom is 0.215 e. The quantitative estimate of drug-likeness (QED) is 0.748. The van der Waals surface area contributed by atoms with Gasteiger partial charge in [0.25, 0.3) is 0 Å². The summed E-state index contributed by atoms with van der Waals surface area (Å²) < 4.78 is 27.2. The van der Waals surface area contributed by atoms with Crippen molar-refractivity contribution < 1.29 is 8.42 Å². The number of hydrogen-bond donors (Lipinski definition) is 2. The van der Waals surface area contributed by atoms with Crippen molar-refractivity contribution in [2.45, 2.75) is 56.1 Å². The second-order valence-corrected chi connectivity index (χ2v) is 8.27. The molecule has 0 aliphatic heterocycles. The van der Waals surface area contributed by atoms with Crippen molar-refractivity contribution in [1.82, 2.24) is 10.0 Å². The largest absolute Gasteiger partial charge is 0.316 e. The summed E-state index contributed by atoms with van der Waals surface area (Å²) in [6.45, 7) is 5.07. The van der Waals surface area contributed by atoms with Crippen molar-refractivity contribution in [3.05, 3.63) is 0 Å². The lowest BCUT2D eigenvalue weighted by molar-refractivity contribution is 0.418. The Morgan fingerprint density at radius 2 is 2.11 bits per heavy atom. The first-order chi connectivity index (χ1) is 8.49. The highest BCUT2D eigenvalue weighted by atomic mass is 32.2. The number of hydrogen-bond acceptors (Lipinski definition) is 4. The third kappa shape index (κ3) is 5.07. The molecule has 1 saturated carbocycles. The first kappa shape index (κ1) is 16.3. The van der Waals surface area contributed by atoms with Crippen molar-refractivity contribution in [2.24, 2.45) is 0 Å². The van der Waals surface area contributed by atoms with Crippen LogP contribution in [0.5, 0.6) is 0 Å². The van der Waals surface area contributed by atoms with E-state index in [2.05, 4.69) is 16.3 Å². The summed E-state index contributed by atoms with van der Waals surface area (Å²) in [5.41, 5.74) is 0. The SMILES string of the molecule is CCNCC(C)S(=O)(=O)NC1CCCC(SC)C1. The van der Waals surface area contributed by atoms with Crippen LogP contribution < -0.4 is 10.0 Å². The summed E-state index contributed by atoms with van der Waals surface area (Å²) >= 11 is 1.85. The van der Waals surface area contributed by atoms with E-state index in [0.717, 1.165) is 25.8 Å². The molecular weight excluding hydrogens is 268 g/mol. The lowest BCUT2D eigenvalue weighted by atomic mass is 9.96. The van der Waals surface area contributed by atoms with Gasteiger partial charge < -0.3 is 5.32 Å². The highest BCUT2D eigenvalue weighted by Crippen LogP contribution is 2.27. The standard InChI is InChI=1S/C12H26N2O2S2/c1-4-13-9-10(2)18(15,16)14-11-6-5-7-12(8-11)17-3/h10-14H,4-9H2,1-3H3. The molecule has 0 aromatic heterocycles. The van der Waals surface area contributed by atoms with E-state index < -0.39 is 10.0 Å². The fourth-order valence-electron chi connectivity index (χ4n) is 2.27. The van der Waals surface area contributed by atoms with E-state index in [9.17, 15) is 8.42 Å². The summed E-state index contributed by atoms with van der Waals surface area (Å²) in [5.74, 6) is 0. The van der Waals surface area contributed by atoms with Crippen molar-refractivity contribution in [2.75, 3.05) is 19.3 Å². The topological polar surface area (TPSA) is 58.2 Å². The number of rotatable bonds is 7. The molecule has 0 bridgehead atoms. The molecule has 1 fully saturated rings. The Labute approximate surface area is 116 Å². The zero-order chi connectivity index (χ0) is 13.6. The third-order valence-corrected chi connectivity index (χ3v) is 6.48. The van der Waals surface area contributed by atoms with Gasteiger partial charge in [-0.2, -0.15) is 11.8 Å². The molecule has 2 N–H and O–H groups in total. The third-order valence-electron chi connectivity index (χ3n) is 3.50. The summed E-state index contributed by atoms with van der Waals surface area (Å²) in [6.07, 6.45) is 6.39. The van der Waals surface area contributed by atoms with Gasteiger partial charge in [0.05, 0.1) is 5.25 Å². The molecule has 0 radical (unpaired) electrons. The second kappa shape index (κ2) is 7.72. The molecule has 3 atom stereocenters. The molecular formula is C12H26N2O2S2. The fraction of sp³-hybridized carbons (Fsp3) is 1.00. The number of thioether (sulfide) groups is 1. The van der Waals surface area contributed by atoms with Gasteiger partial charge in [-0.3, -0.25) is 0 Å². The molecule has 0 amide bonds. The first-order valence-electron chi connectivity index (χ1n) is 6.74. The van der Waals surface area contributed by atoms with Gasteiger partial charge in [-0.1, -0.05) is 13.3 Å². The van der Waals surface area contributed by atoms with E-state index in [0.29, 0.717) is 11.8 Å². The molecule has 0 saturated heterocycles. The van der Waals surface area contributed by atoms with Crippen LogP contribution in [-0.2, 0) is 10.0 Å². The van der Waals surface area contributed by atoms with Gasteiger partial charge in [-0.05, 0) is 39.0 Å². The average Bonchev–Trinajstić information content (AvgIpc) is 2.35. The minimum absolute atomic E-state index is 0.130. The minimum atomic E-state index is -3.19. The predicted molar refractivity (Wildman–Crippen MR) is 79.6 cm³/mol. The molecule has 0 heterocycles. The molecule has 4 nitrogen and oxygen atoms in total. The normalized spacial score (nSPS) is 27.1. The Bertz CT molecular complexity index is 333. The van der Waals surface area contributed by atoms with Gasteiger partial charge in [-0.15, -0.1) is 0 Å². The van der Waals surface area contributed by atoms with Crippen LogP contribution >= 0.6 is 11.8 Å². The molecule has 0 spiro atoms. The first-order valence-corrected chi connectivity index (χ1v) is 9.57. The van der Waals surface area contributed by atoms with Gasteiger partial charge in [0.1, 0.15) is 0 Å². The Morgan fingerprint density at radius 3 is 2.72 bits per heavy atom. The van der Waals surface area contributed by atoms with Crippen LogP contribution in [-0.4, -0.2) is 44.3 Å². The summed E-state index contributed by atoms with van der Waals surface area (Å²) in [7, 11) is -3.19. The predicted octanol–water partition coefficient (Wildman–Crippen LogP) is 1.58. The van der Waals surface area contributed by atoms with Gasteiger partial charge in [0.2, 0.25) is 10.0 Å². The molecule has 3 unspecified atom stereocenters. The van der Waals surface area contributed by atoms with Crippen LogP contribution in [0, 0.1) is 0 Å². The molecule has 18 heavy (non-hydrogen) atoms. The van der Waals surface area contributed by atoms with Gasteiger partial charge in [0.15, 0.2) is 0 Å². The van der Waals surface area contributed by atoms with Crippen molar-refractivity contribution in [1.29, 1.82) is 0 Å². The van der Waals surface area contributed by atoms with Crippen LogP contribution in [0.3, 0.4) is 0 Å². The summed E-state index contributed by atoms with van der Waals surface area (Å²) in [4.78, 5) is 0. The van der Waals surface area contributed by atoms with E-state index in [4.69, 9.17) is 0 Å². The van der Waals surface area contributed by atoms with Crippen LogP contribution in [0.4, 0.5) is 0 Å². The van der Waals surface area contributed by atoms with Crippen molar-refractivity contribution in [3.8, 4) is 0 Å². The average molecular weight is 294 g/mol. The van der Waals surface area contributed by atoms with Crippen LogP contribution in [0.2, 0.25) is 0 Å². The summed E-state index contributed by atoms with van der Waals surface area (Å²) in [5, 5.41) is 3.33. The molecule has 0 aromatic carbocycles. The molecule has 0 aromatic rings. The maximum absolute atomic E-state index is 12.1. The lowest BCUT2D eigenvalue weighted by Crippen LogP contribution is -2.45. The lowest BCUT2D eigenvalue weighted by Gasteiger charge is -2.29. The monoisotopic (exact) mass is 294 g/mol. The van der Waals surface area contributed by atoms with Gasteiger partial charge in [0, 0.05) is 17.8 Å². The minimum Gasteiger partial charge on any atom is -0.316 e. The Hall–Kier alpha value is 0.220. The van der Waals surface area contributed by atoms with E-state index in [1.807, 2.05) is 18.7 Å². The molecule has 1 aliphatic rings. The van der Waals surface area contributed by atoms with E-state index in [-0.39, 0.29) is 11.3 Å². The zero-order valence-electron chi connectivity index (χ0n) is 11.6. The smallest absolute Gasteiger partial charge is 0.215 e. The fourth-order valence-corrected chi connectivity index (χ4v) is 4.35. The highest BCUT2D eigenvalue weighted by molar-refractivity contribution is 7.99. The molecule has 1 rings (SSSR count). The van der Waals surface area contributed by atoms with E-state index in [1.54, 1.807) is 6.92 Å². The van der Waals surface area contributed by atoms with E-state index in [1.165, 1.54) is 6.42 Å². The summed E-state index contributed by atoms with van der Waals surface area (Å²) in [6, 6.07) is 0.130. The van der Waals surface area contributed by atoms with Crippen LogP contribution in [0.15, 0.2) is 0 Å². The molecule has 108 valence electrons. The second-order valence-electron chi connectivity index (χ2n) is 5.00. The van der Waals surface area contributed by atoms with Gasteiger partial charge in [-0.25, -0.2) is 13.1 Å². The van der Waals surface area contributed by atoms with Crippen molar-refractivity contribution >= 4 is 21.8 Å². The Kier molecular flexibility index (Phi) is 6.98. The molecule has 1 aliphatic carbocycles. The maximum atomic E-state index is 12.1. The number of nitrogens with one attached hydrogen (secondary N) is 2. The Balaban J connectivity index is 2.48. The van der Waals surface area contributed by atoms with Crippen LogP contribution in [0.25, 0.3) is 0 Å². The Morgan fingerprint density at radius 1 is 1.39 bits per heavy atom. The highest BCUT2D eigenvalue weighted by Gasteiger charge is 2.28. The zero-order valence-corrected chi connectivity index (χ0v) is 13.2. The van der Waals surface area contributed by atoms with Crippen molar-refractivity contribution in [3.63, 3.8) is 0 Å². The van der Waals surface area contributed by atoms with E-state index >= 15 is 0 Å². The van der Waals surface area contributed by atoms with Gasteiger partial charge >= 0.3 is 0 Å². The van der Waals surface area contributed by atoms with Crippen LogP contribution in [0.1, 0.15) is 39.5 Å².